The molecule has 1 aromatic rings. The van der Waals surface area contributed by atoms with Crippen molar-refractivity contribution in [2.45, 2.75) is 51.2 Å². The fourth-order valence-electron chi connectivity index (χ4n) is 4.39. The lowest BCUT2D eigenvalue weighted by molar-refractivity contribution is 0.150. The fourth-order valence-corrected chi connectivity index (χ4v) is 4.39. The van der Waals surface area contributed by atoms with Crippen molar-refractivity contribution in [1.29, 1.82) is 0 Å². The Kier molecular flexibility index (Phi) is 9.43. The number of rotatable bonds is 9. The predicted molar refractivity (Wildman–Crippen MR) is 125 cm³/mol. The van der Waals surface area contributed by atoms with Crippen LogP contribution >= 0.6 is 0 Å². The van der Waals surface area contributed by atoms with E-state index in [2.05, 4.69) is 69.7 Å². The molecular weight excluding hydrogens is 374 g/mol. The molecule has 6 nitrogen and oxygen atoms in total. The molecule has 2 unspecified atom stereocenters. The molecule has 2 aliphatic heterocycles. The van der Waals surface area contributed by atoms with E-state index in [-0.39, 0.29) is 0 Å². The van der Waals surface area contributed by atoms with Crippen molar-refractivity contribution in [2.24, 2.45) is 10.9 Å². The highest BCUT2D eigenvalue weighted by Gasteiger charge is 2.24. The van der Waals surface area contributed by atoms with E-state index >= 15 is 0 Å². The molecule has 3 rings (SSSR count). The summed E-state index contributed by atoms with van der Waals surface area (Å²) >= 11 is 0. The van der Waals surface area contributed by atoms with E-state index in [1.165, 1.54) is 44.5 Å². The van der Waals surface area contributed by atoms with Crippen molar-refractivity contribution in [2.75, 3.05) is 53.5 Å². The van der Waals surface area contributed by atoms with E-state index in [1.54, 1.807) is 0 Å². The summed E-state index contributed by atoms with van der Waals surface area (Å²) < 4.78 is 5.52. The first-order chi connectivity index (χ1) is 14.6. The lowest BCUT2D eigenvalue weighted by atomic mass is 10.0. The zero-order valence-electron chi connectivity index (χ0n) is 19.1. The lowest BCUT2D eigenvalue weighted by Gasteiger charge is -2.34. The van der Waals surface area contributed by atoms with Gasteiger partial charge in [-0.1, -0.05) is 30.3 Å². The number of hydrogen-bond donors (Lipinski definition) is 2. The lowest BCUT2D eigenvalue weighted by Crippen LogP contribution is -2.49. The van der Waals surface area contributed by atoms with Gasteiger partial charge < -0.3 is 20.3 Å². The van der Waals surface area contributed by atoms with Crippen molar-refractivity contribution < 1.29 is 4.74 Å². The van der Waals surface area contributed by atoms with E-state index < -0.39 is 0 Å². The maximum Gasteiger partial charge on any atom is 0.191 e. The third-order valence-corrected chi connectivity index (χ3v) is 6.57. The third kappa shape index (κ3) is 7.56. The molecule has 0 saturated carbocycles. The van der Waals surface area contributed by atoms with Crippen LogP contribution in [0, 0.1) is 5.92 Å². The molecule has 168 valence electrons. The number of nitrogens with zero attached hydrogens (tertiary/aromatic N) is 3. The van der Waals surface area contributed by atoms with Crippen LogP contribution in [0.3, 0.4) is 0 Å². The van der Waals surface area contributed by atoms with Gasteiger partial charge in [0, 0.05) is 58.5 Å². The van der Waals surface area contributed by atoms with Gasteiger partial charge in [0.2, 0.25) is 0 Å². The first kappa shape index (κ1) is 23.0. The van der Waals surface area contributed by atoms with Gasteiger partial charge in [0.1, 0.15) is 0 Å². The topological polar surface area (TPSA) is 52.1 Å². The van der Waals surface area contributed by atoms with Gasteiger partial charge in [-0.3, -0.25) is 9.89 Å². The molecule has 2 N–H and O–H groups in total. The Balaban J connectivity index is 1.31. The molecule has 2 aliphatic rings. The number of nitrogens with one attached hydrogen (secondary N) is 2. The minimum atomic E-state index is 0.513. The van der Waals surface area contributed by atoms with Crippen molar-refractivity contribution in [3.8, 4) is 0 Å². The van der Waals surface area contributed by atoms with Crippen LogP contribution in [-0.2, 0) is 11.3 Å². The third-order valence-electron chi connectivity index (χ3n) is 6.57. The highest BCUT2D eigenvalue weighted by atomic mass is 16.5. The molecule has 6 heteroatoms. The number of benzene rings is 1. The summed E-state index contributed by atoms with van der Waals surface area (Å²) in [5.41, 5.74) is 1.36. The minimum Gasteiger partial charge on any atom is -0.381 e. The molecule has 2 fully saturated rings. The average molecular weight is 416 g/mol. The van der Waals surface area contributed by atoms with Crippen LogP contribution in [-0.4, -0.2) is 81.3 Å². The Morgan fingerprint density at radius 3 is 2.67 bits per heavy atom. The maximum atomic E-state index is 5.52. The van der Waals surface area contributed by atoms with Gasteiger partial charge >= 0.3 is 0 Å². The number of ether oxygens (including phenoxy) is 1. The molecule has 0 aliphatic carbocycles. The summed E-state index contributed by atoms with van der Waals surface area (Å²) in [6.45, 7) is 9.67. The molecule has 2 heterocycles. The molecular formula is C24H41N5O. The molecule has 0 bridgehead atoms. The first-order valence-electron chi connectivity index (χ1n) is 11.7. The van der Waals surface area contributed by atoms with E-state index in [9.17, 15) is 0 Å². The van der Waals surface area contributed by atoms with E-state index in [0.29, 0.717) is 12.1 Å². The van der Waals surface area contributed by atoms with Crippen molar-refractivity contribution >= 4 is 5.96 Å². The Morgan fingerprint density at radius 2 is 2.00 bits per heavy atom. The highest BCUT2D eigenvalue weighted by molar-refractivity contribution is 5.79. The van der Waals surface area contributed by atoms with Gasteiger partial charge in [-0.05, 0) is 51.1 Å². The second-order valence-electron chi connectivity index (χ2n) is 8.99. The molecule has 0 aromatic heterocycles. The van der Waals surface area contributed by atoms with Gasteiger partial charge in [-0.15, -0.1) is 0 Å². The number of likely N-dealkylation sites (tertiary alicyclic amines) is 1. The fraction of sp³-hybridized carbons (Fsp3) is 0.708. The summed E-state index contributed by atoms with van der Waals surface area (Å²) in [4.78, 5) is 9.47. The van der Waals surface area contributed by atoms with Crippen LogP contribution in [0.25, 0.3) is 0 Å². The zero-order chi connectivity index (χ0) is 21.2. The van der Waals surface area contributed by atoms with Crippen molar-refractivity contribution in [3.05, 3.63) is 35.9 Å². The van der Waals surface area contributed by atoms with Crippen molar-refractivity contribution in [1.82, 2.24) is 20.4 Å². The Bertz CT molecular complexity index is 624. The summed E-state index contributed by atoms with van der Waals surface area (Å²) in [5.74, 6) is 1.68. The van der Waals surface area contributed by atoms with E-state index in [0.717, 1.165) is 44.6 Å². The number of aliphatic imine (C=N–C) groups is 1. The van der Waals surface area contributed by atoms with Crippen LogP contribution in [0.4, 0.5) is 0 Å². The van der Waals surface area contributed by atoms with Crippen LogP contribution in [0.1, 0.15) is 38.2 Å². The van der Waals surface area contributed by atoms with Gasteiger partial charge in [0.05, 0.1) is 6.61 Å². The first-order valence-corrected chi connectivity index (χ1v) is 11.7. The number of guanidine groups is 1. The minimum absolute atomic E-state index is 0.513. The van der Waals surface area contributed by atoms with Gasteiger partial charge in [0.15, 0.2) is 5.96 Å². The summed E-state index contributed by atoms with van der Waals surface area (Å²) in [5, 5.41) is 7.15. The van der Waals surface area contributed by atoms with Crippen LogP contribution in [0.15, 0.2) is 35.3 Å². The largest absolute Gasteiger partial charge is 0.381 e. The molecule has 2 saturated heterocycles. The van der Waals surface area contributed by atoms with Gasteiger partial charge in [-0.2, -0.15) is 0 Å². The smallest absolute Gasteiger partial charge is 0.191 e. The normalized spacial score (nSPS) is 22.4. The number of piperidine rings is 1. The second kappa shape index (κ2) is 12.3. The van der Waals surface area contributed by atoms with Gasteiger partial charge in [-0.25, -0.2) is 0 Å². The Hall–Kier alpha value is -1.63. The molecule has 30 heavy (non-hydrogen) atoms. The Morgan fingerprint density at radius 1 is 1.23 bits per heavy atom. The quantitative estimate of drug-likeness (QED) is 0.480. The van der Waals surface area contributed by atoms with Crippen molar-refractivity contribution in [3.63, 3.8) is 0 Å². The molecule has 1 aromatic carbocycles. The molecule has 0 amide bonds. The van der Waals surface area contributed by atoms with Crippen LogP contribution in [0.2, 0.25) is 0 Å². The average Bonchev–Trinajstić information content (AvgIpc) is 3.28. The van der Waals surface area contributed by atoms with Crippen LogP contribution in [0.5, 0.6) is 0 Å². The highest BCUT2D eigenvalue weighted by Crippen LogP contribution is 2.17. The summed E-state index contributed by atoms with van der Waals surface area (Å²) in [6, 6.07) is 11.7. The monoisotopic (exact) mass is 415 g/mol. The maximum absolute atomic E-state index is 5.52. The molecule has 0 radical (unpaired) electrons. The predicted octanol–water partition coefficient (Wildman–Crippen LogP) is 2.56. The van der Waals surface area contributed by atoms with Gasteiger partial charge in [0.25, 0.3) is 0 Å². The molecule has 0 spiro atoms. The number of hydrogen-bond acceptors (Lipinski definition) is 4. The summed E-state index contributed by atoms with van der Waals surface area (Å²) in [7, 11) is 4.08. The molecule has 2 atom stereocenters. The van der Waals surface area contributed by atoms with Crippen LogP contribution < -0.4 is 10.6 Å². The second-order valence-corrected chi connectivity index (χ2v) is 8.99. The summed E-state index contributed by atoms with van der Waals surface area (Å²) in [6.07, 6.45) is 4.69. The van der Waals surface area contributed by atoms with E-state index in [4.69, 9.17) is 4.74 Å². The van der Waals surface area contributed by atoms with E-state index in [1.807, 2.05) is 7.05 Å². The Labute approximate surface area is 183 Å². The standard InChI is InChI=1S/C24H41N5O/c1-20(28(3)17-21-7-5-4-6-8-21)9-13-26-24(25-2)27-23-10-14-29(15-11-23)18-22-12-16-30-19-22/h4-8,20,22-23H,9-19H2,1-3H3,(H2,25,26,27). The zero-order valence-corrected chi connectivity index (χ0v) is 19.1. The SMILES string of the molecule is CN=C(NCCC(C)N(C)Cc1ccccc1)NC1CCN(CC2CCOC2)CC1.